The fourth-order valence-corrected chi connectivity index (χ4v) is 1.03. The Balaban J connectivity index is 4.29. The number of rotatable bonds is 6. The Morgan fingerprint density at radius 1 is 1.50 bits per heavy atom. The normalized spacial score (nSPS) is 12.3. The van der Waals surface area contributed by atoms with Gasteiger partial charge in [0.25, 0.3) is 0 Å². The Bertz CT molecular complexity index is 259. The molecule has 76 valence electrons. The van der Waals surface area contributed by atoms with Crippen molar-refractivity contribution < 1.29 is 0 Å². The summed E-state index contributed by atoms with van der Waals surface area (Å²) in [5.74, 6) is 0. The van der Waals surface area contributed by atoms with Gasteiger partial charge in [0.2, 0.25) is 0 Å². The summed E-state index contributed by atoms with van der Waals surface area (Å²) in [4.78, 5) is 5.68. The molecule has 0 unspecified atom stereocenters. The van der Waals surface area contributed by atoms with Gasteiger partial charge < -0.3 is 4.90 Å². The molecule has 0 radical (unpaired) electrons. The molecule has 0 aromatic rings. The number of allylic oxidation sites excluding steroid dienone is 3. The van der Waals surface area contributed by atoms with Gasteiger partial charge in [0.1, 0.15) is 0 Å². The van der Waals surface area contributed by atoms with Crippen LogP contribution in [0.25, 0.3) is 0 Å². The number of hydrogen-bond donors (Lipinski definition) is 0. The SMILES string of the molecule is C=C/C=C(\C=C\C)CN(C)/C=C\N=C. The smallest absolute Gasteiger partial charge is 0.0421 e. The number of likely N-dealkylation sites (N-methyl/N-ethyl adjacent to an activating group) is 1. The van der Waals surface area contributed by atoms with Gasteiger partial charge in [-0.25, -0.2) is 0 Å². The number of nitrogens with zero attached hydrogens (tertiary/aromatic N) is 2. The van der Waals surface area contributed by atoms with E-state index < -0.39 is 0 Å². The van der Waals surface area contributed by atoms with Gasteiger partial charge in [0.15, 0.2) is 0 Å². The second-order valence-electron chi connectivity index (χ2n) is 2.87. The summed E-state index contributed by atoms with van der Waals surface area (Å²) in [5.41, 5.74) is 1.21. The number of hydrogen-bond acceptors (Lipinski definition) is 2. The van der Waals surface area contributed by atoms with Crippen LogP contribution in [0.3, 0.4) is 0 Å². The molecule has 0 aliphatic rings. The first-order valence-corrected chi connectivity index (χ1v) is 4.51. The van der Waals surface area contributed by atoms with Crippen molar-refractivity contribution in [3.05, 3.63) is 48.9 Å². The van der Waals surface area contributed by atoms with Crippen molar-refractivity contribution in [1.82, 2.24) is 4.90 Å². The summed E-state index contributed by atoms with van der Waals surface area (Å²) >= 11 is 0. The quantitative estimate of drug-likeness (QED) is 0.464. The van der Waals surface area contributed by atoms with Gasteiger partial charge in [-0.05, 0) is 19.2 Å². The Morgan fingerprint density at radius 2 is 2.21 bits per heavy atom. The van der Waals surface area contributed by atoms with E-state index in [0.29, 0.717) is 0 Å². The second-order valence-corrected chi connectivity index (χ2v) is 2.87. The van der Waals surface area contributed by atoms with Crippen molar-refractivity contribution in [2.24, 2.45) is 4.99 Å². The molecule has 0 bridgehead atoms. The zero-order valence-electron chi connectivity index (χ0n) is 8.98. The average Bonchev–Trinajstić information content (AvgIpc) is 2.15. The summed E-state index contributed by atoms with van der Waals surface area (Å²) in [6.07, 6.45) is 11.4. The average molecular weight is 190 g/mol. The molecule has 0 aromatic carbocycles. The first-order valence-electron chi connectivity index (χ1n) is 4.51. The van der Waals surface area contributed by atoms with Crippen LogP contribution in [0.15, 0.2) is 53.8 Å². The van der Waals surface area contributed by atoms with Crippen molar-refractivity contribution in [3.63, 3.8) is 0 Å². The van der Waals surface area contributed by atoms with E-state index in [1.54, 1.807) is 12.3 Å². The van der Waals surface area contributed by atoms with Crippen molar-refractivity contribution >= 4 is 6.72 Å². The van der Waals surface area contributed by atoms with E-state index in [1.165, 1.54) is 5.57 Å². The molecule has 0 spiro atoms. The minimum atomic E-state index is 0.836. The molecule has 0 aliphatic carbocycles. The highest BCUT2D eigenvalue weighted by Gasteiger charge is 1.93. The molecular formula is C12H18N2. The zero-order valence-corrected chi connectivity index (χ0v) is 8.98. The van der Waals surface area contributed by atoms with E-state index in [4.69, 9.17) is 0 Å². The minimum absolute atomic E-state index is 0.836. The Kier molecular flexibility index (Phi) is 7.15. The van der Waals surface area contributed by atoms with Gasteiger partial charge >= 0.3 is 0 Å². The minimum Gasteiger partial charge on any atom is -0.375 e. The van der Waals surface area contributed by atoms with Crippen LogP contribution in [0.5, 0.6) is 0 Å². The van der Waals surface area contributed by atoms with Crippen LogP contribution in [-0.4, -0.2) is 25.2 Å². The van der Waals surface area contributed by atoms with E-state index in [9.17, 15) is 0 Å². The second kappa shape index (κ2) is 8.05. The topological polar surface area (TPSA) is 15.6 Å². The third kappa shape index (κ3) is 6.00. The summed E-state index contributed by atoms with van der Waals surface area (Å²) in [5, 5.41) is 0. The van der Waals surface area contributed by atoms with Crippen LogP contribution in [0.4, 0.5) is 0 Å². The highest BCUT2D eigenvalue weighted by Crippen LogP contribution is 2.01. The molecule has 2 heteroatoms. The molecule has 0 atom stereocenters. The van der Waals surface area contributed by atoms with Crippen LogP contribution in [0.2, 0.25) is 0 Å². The lowest BCUT2D eigenvalue weighted by molar-refractivity contribution is 0.500. The highest BCUT2D eigenvalue weighted by atomic mass is 15.1. The van der Waals surface area contributed by atoms with Crippen LogP contribution in [0.1, 0.15) is 6.92 Å². The molecule has 0 heterocycles. The van der Waals surface area contributed by atoms with Crippen molar-refractivity contribution in [2.45, 2.75) is 6.92 Å². The Hall–Kier alpha value is -1.57. The van der Waals surface area contributed by atoms with Crippen LogP contribution in [0, 0.1) is 0 Å². The highest BCUT2D eigenvalue weighted by molar-refractivity contribution is 5.26. The van der Waals surface area contributed by atoms with E-state index in [0.717, 1.165) is 6.54 Å². The molecular weight excluding hydrogens is 172 g/mol. The van der Waals surface area contributed by atoms with Gasteiger partial charge in [-0.2, -0.15) is 0 Å². The van der Waals surface area contributed by atoms with E-state index in [1.807, 2.05) is 37.2 Å². The van der Waals surface area contributed by atoms with E-state index in [-0.39, 0.29) is 0 Å². The molecule has 0 aliphatic heterocycles. The lowest BCUT2D eigenvalue weighted by Gasteiger charge is -2.13. The fourth-order valence-electron chi connectivity index (χ4n) is 1.03. The maximum Gasteiger partial charge on any atom is 0.0421 e. The molecule has 0 saturated carbocycles. The van der Waals surface area contributed by atoms with Crippen molar-refractivity contribution in [1.29, 1.82) is 0 Å². The van der Waals surface area contributed by atoms with Crippen molar-refractivity contribution in [2.75, 3.05) is 13.6 Å². The maximum atomic E-state index is 3.68. The summed E-state index contributed by atoms with van der Waals surface area (Å²) in [6.45, 7) is 9.89. The van der Waals surface area contributed by atoms with Crippen LogP contribution in [-0.2, 0) is 0 Å². The number of aliphatic imine (C=N–C) groups is 1. The molecule has 14 heavy (non-hydrogen) atoms. The predicted molar refractivity (Wildman–Crippen MR) is 64.4 cm³/mol. The van der Waals surface area contributed by atoms with E-state index >= 15 is 0 Å². The molecule has 0 N–H and O–H groups in total. The third-order valence-corrected chi connectivity index (χ3v) is 1.57. The maximum absolute atomic E-state index is 3.68. The standard InChI is InChI=1S/C12H18N2/c1-5-7-12(8-6-2)11-14(4)10-9-13-3/h5-10H,1,3,11H2,2,4H3/b8-6+,10-9-,12-7+. The van der Waals surface area contributed by atoms with Gasteiger partial charge in [-0.3, -0.25) is 4.99 Å². The van der Waals surface area contributed by atoms with Gasteiger partial charge in [0.05, 0.1) is 0 Å². The Labute approximate surface area is 86.7 Å². The fraction of sp³-hybridized carbons (Fsp3) is 0.250. The summed E-state index contributed by atoms with van der Waals surface area (Å²) in [7, 11) is 1.99. The Morgan fingerprint density at radius 3 is 2.71 bits per heavy atom. The first kappa shape index (κ1) is 12.4. The van der Waals surface area contributed by atoms with Gasteiger partial charge in [-0.15, -0.1) is 0 Å². The van der Waals surface area contributed by atoms with Crippen LogP contribution >= 0.6 is 0 Å². The molecule has 0 rings (SSSR count). The summed E-state index contributed by atoms with van der Waals surface area (Å²) < 4.78 is 0. The molecule has 0 amide bonds. The first-order chi connectivity index (χ1) is 6.74. The molecule has 0 aromatic heterocycles. The van der Waals surface area contributed by atoms with Crippen molar-refractivity contribution in [3.8, 4) is 0 Å². The lowest BCUT2D eigenvalue weighted by atomic mass is 10.2. The largest absolute Gasteiger partial charge is 0.375 e. The third-order valence-electron chi connectivity index (χ3n) is 1.57. The predicted octanol–water partition coefficient (Wildman–Crippen LogP) is 2.78. The zero-order chi connectivity index (χ0) is 10.8. The van der Waals surface area contributed by atoms with E-state index in [2.05, 4.69) is 24.4 Å². The van der Waals surface area contributed by atoms with Gasteiger partial charge in [-0.1, -0.05) is 30.9 Å². The monoisotopic (exact) mass is 190 g/mol. The molecule has 2 nitrogen and oxygen atoms in total. The van der Waals surface area contributed by atoms with Gasteiger partial charge in [0, 0.05) is 26.0 Å². The summed E-state index contributed by atoms with van der Waals surface area (Å²) in [6, 6.07) is 0. The van der Waals surface area contributed by atoms with Crippen LogP contribution < -0.4 is 0 Å². The molecule has 0 fully saturated rings. The lowest BCUT2D eigenvalue weighted by Crippen LogP contribution is -2.13. The molecule has 0 saturated heterocycles.